The van der Waals surface area contributed by atoms with E-state index in [1.807, 2.05) is 20.8 Å². The molecule has 7 heteroatoms. The van der Waals surface area contributed by atoms with Crippen molar-refractivity contribution >= 4 is 23.6 Å². The van der Waals surface area contributed by atoms with Crippen LogP contribution in [-0.4, -0.2) is 22.2 Å². The summed E-state index contributed by atoms with van der Waals surface area (Å²) >= 11 is 0. The van der Waals surface area contributed by atoms with Crippen LogP contribution < -0.4 is 5.32 Å². The van der Waals surface area contributed by atoms with Gasteiger partial charge < -0.3 is 10.4 Å². The Balaban J connectivity index is 2.53. The molecule has 0 aliphatic heterocycles. The third-order valence-electron chi connectivity index (χ3n) is 4.43. The number of benzene rings is 2. The van der Waals surface area contributed by atoms with Crippen LogP contribution in [0.15, 0.2) is 24.3 Å². The van der Waals surface area contributed by atoms with Gasteiger partial charge in [-0.3, -0.25) is 19.7 Å². The molecule has 0 spiro atoms. The van der Waals surface area contributed by atoms with E-state index in [1.165, 1.54) is 18.2 Å². The normalized spacial score (nSPS) is 11.1. The Morgan fingerprint density at radius 2 is 1.85 bits per heavy atom. The topological polar surface area (TPSA) is 110 Å². The van der Waals surface area contributed by atoms with Gasteiger partial charge in [0.2, 0.25) is 0 Å². The molecule has 0 fully saturated rings. The predicted molar refractivity (Wildman–Crippen MR) is 103 cm³/mol. The number of anilines is 1. The minimum absolute atomic E-state index is 0.0160. The second-order valence-corrected chi connectivity index (χ2v) is 7.44. The first-order valence-electron chi connectivity index (χ1n) is 8.36. The number of nitro groups is 1. The number of nitrogens with zero attached hydrogens (tertiary/aromatic N) is 1. The molecule has 0 aromatic heterocycles. The van der Waals surface area contributed by atoms with Gasteiger partial charge in [-0.25, -0.2) is 0 Å². The minimum atomic E-state index is -0.587. The molecule has 0 saturated heterocycles. The summed E-state index contributed by atoms with van der Waals surface area (Å²) in [5.41, 5.74) is 1.53. The molecule has 0 atom stereocenters. The molecule has 0 unspecified atom stereocenters. The van der Waals surface area contributed by atoms with Crippen LogP contribution >= 0.6 is 0 Å². The highest BCUT2D eigenvalue weighted by atomic mass is 16.6. The summed E-state index contributed by atoms with van der Waals surface area (Å²) in [6.07, 6.45) is 0.651. The predicted octanol–water partition coefficient (Wildman–Crippen LogP) is 4.28. The average Bonchev–Trinajstić information content (AvgIpc) is 2.55. The number of carbonyl (C=O) groups is 2. The van der Waals surface area contributed by atoms with Crippen molar-refractivity contribution in [2.45, 2.75) is 40.0 Å². The van der Waals surface area contributed by atoms with Crippen LogP contribution in [0, 0.1) is 24.0 Å². The van der Waals surface area contributed by atoms with Gasteiger partial charge in [0.05, 0.1) is 10.5 Å². The summed E-state index contributed by atoms with van der Waals surface area (Å²) < 4.78 is 0. The quantitative estimate of drug-likeness (QED) is 0.474. The number of rotatable bonds is 4. The molecular formula is C20H22N2O5. The number of phenols is 1. The Kier molecular flexibility index (Phi) is 5.35. The van der Waals surface area contributed by atoms with E-state index in [0.29, 0.717) is 34.2 Å². The highest BCUT2D eigenvalue weighted by Crippen LogP contribution is 2.37. The first-order chi connectivity index (χ1) is 12.5. The van der Waals surface area contributed by atoms with Gasteiger partial charge in [-0.05, 0) is 42.5 Å². The summed E-state index contributed by atoms with van der Waals surface area (Å²) in [6.45, 7) is 8.83. The number of nitrogens with one attached hydrogen (secondary N) is 1. The van der Waals surface area contributed by atoms with Gasteiger partial charge in [-0.15, -0.1) is 0 Å². The second kappa shape index (κ2) is 7.19. The Morgan fingerprint density at radius 3 is 2.33 bits per heavy atom. The van der Waals surface area contributed by atoms with E-state index in [9.17, 15) is 24.8 Å². The third kappa shape index (κ3) is 3.97. The molecule has 27 heavy (non-hydrogen) atoms. The van der Waals surface area contributed by atoms with Gasteiger partial charge in [-0.1, -0.05) is 20.8 Å². The molecule has 0 heterocycles. The first-order valence-corrected chi connectivity index (χ1v) is 8.36. The molecule has 0 aliphatic rings. The zero-order chi connectivity index (χ0) is 20.5. The van der Waals surface area contributed by atoms with Crippen LogP contribution in [0.5, 0.6) is 5.75 Å². The van der Waals surface area contributed by atoms with Crippen LogP contribution in [0.3, 0.4) is 0 Å². The van der Waals surface area contributed by atoms with Crippen LogP contribution in [0.1, 0.15) is 58.2 Å². The summed E-state index contributed by atoms with van der Waals surface area (Å²) in [6, 6.07) is 5.67. The number of phenolic OH excluding ortho intramolecular Hbond substituents is 1. The molecule has 0 aliphatic carbocycles. The van der Waals surface area contributed by atoms with Crippen molar-refractivity contribution in [3.8, 4) is 5.75 Å². The first kappa shape index (κ1) is 20.1. The van der Waals surface area contributed by atoms with E-state index in [2.05, 4.69) is 5.32 Å². The van der Waals surface area contributed by atoms with Gasteiger partial charge in [-0.2, -0.15) is 0 Å². The smallest absolute Gasteiger partial charge is 0.269 e. The zero-order valence-electron chi connectivity index (χ0n) is 15.9. The molecule has 2 aromatic carbocycles. The summed E-state index contributed by atoms with van der Waals surface area (Å²) in [5, 5.41) is 24.2. The number of amides is 1. The van der Waals surface area contributed by atoms with Gasteiger partial charge in [0.1, 0.15) is 12.0 Å². The summed E-state index contributed by atoms with van der Waals surface area (Å²) in [5.74, 6) is -0.765. The monoisotopic (exact) mass is 370 g/mol. The van der Waals surface area contributed by atoms with E-state index < -0.39 is 16.2 Å². The Labute approximate surface area is 157 Å². The van der Waals surface area contributed by atoms with Gasteiger partial charge in [0, 0.05) is 28.9 Å². The van der Waals surface area contributed by atoms with Crippen LogP contribution in [0.25, 0.3) is 0 Å². The maximum atomic E-state index is 12.9. The number of hydrogen-bond acceptors (Lipinski definition) is 5. The highest BCUT2D eigenvalue weighted by molar-refractivity contribution is 6.09. The van der Waals surface area contributed by atoms with E-state index >= 15 is 0 Å². The lowest BCUT2D eigenvalue weighted by Gasteiger charge is -2.24. The van der Waals surface area contributed by atoms with Crippen molar-refractivity contribution < 1.29 is 19.6 Å². The van der Waals surface area contributed by atoms with Crippen molar-refractivity contribution in [2.75, 3.05) is 5.32 Å². The third-order valence-corrected chi connectivity index (χ3v) is 4.43. The van der Waals surface area contributed by atoms with Crippen LogP contribution in [0.4, 0.5) is 11.4 Å². The minimum Gasteiger partial charge on any atom is -0.507 e. The Morgan fingerprint density at radius 1 is 1.22 bits per heavy atom. The van der Waals surface area contributed by atoms with Crippen molar-refractivity contribution in [3.63, 3.8) is 0 Å². The van der Waals surface area contributed by atoms with Gasteiger partial charge in [0.15, 0.2) is 0 Å². The lowest BCUT2D eigenvalue weighted by molar-refractivity contribution is -0.384. The van der Waals surface area contributed by atoms with Gasteiger partial charge >= 0.3 is 0 Å². The van der Waals surface area contributed by atoms with Gasteiger partial charge in [0.25, 0.3) is 11.6 Å². The molecule has 2 aromatic rings. The number of aldehydes is 1. The van der Waals surface area contributed by atoms with Crippen molar-refractivity contribution in [3.05, 3.63) is 62.2 Å². The van der Waals surface area contributed by atoms with E-state index in [1.54, 1.807) is 19.9 Å². The molecular weight excluding hydrogens is 348 g/mol. The lowest BCUT2D eigenvalue weighted by atomic mass is 9.82. The summed E-state index contributed by atoms with van der Waals surface area (Å²) in [4.78, 5) is 34.6. The Hall–Kier alpha value is -3.22. The maximum absolute atomic E-state index is 12.9. The van der Waals surface area contributed by atoms with Crippen LogP contribution in [-0.2, 0) is 5.41 Å². The molecule has 0 radical (unpaired) electrons. The highest BCUT2D eigenvalue weighted by Gasteiger charge is 2.27. The molecule has 2 rings (SSSR count). The van der Waals surface area contributed by atoms with E-state index in [4.69, 9.17) is 0 Å². The van der Waals surface area contributed by atoms with E-state index in [-0.39, 0.29) is 17.0 Å². The van der Waals surface area contributed by atoms with Crippen molar-refractivity contribution in [1.29, 1.82) is 0 Å². The van der Waals surface area contributed by atoms with Crippen molar-refractivity contribution in [2.24, 2.45) is 0 Å². The number of aryl methyl sites for hydroxylation is 1. The lowest BCUT2D eigenvalue weighted by Crippen LogP contribution is -2.19. The fourth-order valence-electron chi connectivity index (χ4n) is 2.85. The summed E-state index contributed by atoms with van der Waals surface area (Å²) in [7, 11) is 0. The Bertz CT molecular complexity index is 942. The molecule has 142 valence electrons. The average molecular weight is 370 g/mol. The number of aromatic hydroxyl groups is 1. The second-order valence-electron chi connectivity index (χ2n) is 7.44. The fraction of sp³-hybridized carbons (Fsp3) is 0.300. The SMILES string of the molecule is Cc1cc([N+](=O)[O-])ccc1NC(=O)c1c(C)c(C=O)cc(C(C)(C)C)c1O. The molecule has 1 amide bonds. The molecule has 2 N–H and O–H groups in total. The molecule has 0 saturated carbocycles. The molecule has 7 nitrogen and oxygen atoms in total. The molecule has 0 bridgehead atoms. The van der Waals surface area contributed by atoms with E-state index in [0.717, 1.165) is 0 Å². The number of hydrogen-bond donors (Lipinski definition) is 2. The number of carbonyl (C=O) groups excluding carboxylic acids is 2. The van der Waals surface area contributed by atoms with Crippen LogP contribution in [0.2, 0.25) is 0 Å². The standard InChI is InChI=1S/C20H22N2O5/c1-11-8-14(22(26)27)6-7-16(11)21-19(25)17-12(2)13(10-23)9-15(18(17)24)20(3,4)5/h6-10,24H,1-5H3,(H,21,25). The largest absolute Gasteiger partial charge is 0.507 e. The number of nitro benzene ring substituents is 1. The number of non-ortho nitro benzene ring substituents is 1. The zero-order valence-corrected chi connectivity index (χ0v) is 15.9. The maximum Gasteiger partial charge on any atom is 0.269 e. The van der Waals surface area contributed by atoms with Crippen molar-refractivity contribution in [1.82, 2.24) is 0 Å². The fourth-order valence-corrected chi connectivity index (χ4v) is 2.85.